The van der Waals surface area contributed by atoms with Crippen molar-refractivity contribution in [3.8, 4) is 5.82 Å². The first kappa shape index (κ1) is 19.4. The summed E-state index contributed by atoms with van der Waals surface area (Å²) in [5.74, 6) is 5.50. The van der Waals surface area contributed by atoms with E-state index in [-0.39, 0.29) is 6.04 Å². The SMILES string of the molecule is CC1COCCN1c1cc(C2CCC3(CC2)CSC3)c2c(N)nn(-c3ccn[nH]3)c2n1. The van der Waals surface area contributed by atoms with Crippen LogP contribution in [-0.2, 0) is 4.74 Å². The van der Waals surface area contributed by atoms with E-state index in [1.54, 1.807) is 6.20 Å². The highest BCUT2D eigenvalue weighted by molar-refractivity contribution is 8.00. The number of aromatic amines is 1. The first-order valence-corrected chi connectivity index (χ1v) is 12.4. The molecule has 3 fully saturated rings. The number of aromatic nitrogens is 5. The van der Waals surface area contributed by atoms with E-state index < -0.39 is 0 Å². The molecule has 3 aromatic heterocycles. The summed E-state index contributed by atoms with van der Waals surface area (Å²) in [4.78, 5) is 7.44. The lowest BCUT2D eigenvalue weighted by Crippen LogP contribution is -2.44. The standard InChI is InChI=1S/C22H29N7OS/c1-14-11-30-9-8-28(14)18-10-16(15-2-5-22(6-3-15)12-31-13-22)19-20(23)27-29(21(19)25-18)17-4-7-24-26-17/h4,7,10,14-15H,2-3,5-6,8-9,11-13H2,1H3,(H2,23,27)(H,24,26). The van der Waals surface area contributed by atoms with Crippen molar-refractivity contribution in [3.63, 3.8) is 0 Å². The first-order valence-electron chi connectivity index (χ1n) is 11.2. The van der Waals surface area contributed by atoms with Crippen LogP contribution in [0.15, 0.2) is 18.3 Å². The third kappa shape index (κ3) is 3.20. The molecule has 3 aliphatic rings. The van der Waals surface area contributed by atoms with Gasteiger partial charge < -0.3 is 15.4 Å². The van der Waals surface area contributed by atoms with Gasteiger partial charge in [0.05, 0.1) is 30.8 Å². The Hall–Kier alpha value is -2.26. The summed E-state index contributed by atoms with van der Waals surface area (Å²) in [6.45, 7) is 4.49. The number of hydrogen-bond donors (Lipinski definition) is 2. The van der Waals surface area contributed by atoms with Crippen LogP contribution in [-0.4, -0.2) is 62.3 Å². The first-order chi connectivity index (χ1) is 15.1. The summed E-state index contributed by atoms with van der Waals surface area (Å²) in [6, 6.07) is 4.47. The molecule has 2 saturated heterocycles. The molecule has 0 aromatic carbocycles. The summed E-state index contributed by atoms with van der Waals surface area (Å²) in [5.41, 5.74) is 9.21. The van der Waals surface area contributed by atoms with E-state index in [9.17, 15) is 0 Å². The van der Waals surface area contributed by atoms with Gasteiger partial charge in [0.2, 0.25) is 0 Å². The van der Waals surface area contributed by atoms with E-state index in [0.717, 1.165) is 42.4 Å². The van der Waals surface area contributed by atoms with Gasteiger partial charge in [0.1, 0.15) is 5.82 Å². The number of nitrogens with one attached hydrogen (secondary N) is 1. The van der Waals surface area contributed by atoms with Crippen molar-refractivity contribution in [1.29, 1.82) is 0 Å². The molecule has 1 saturated carbocycles. The van der Waals surface area contributed by atoms with Gasteiger partial charge in [-0.25, -0.2) is 4.98 Å². The molecular weight excluding hydrogens is 410 g/mol. The van der Waals surface area contributed by atoms with Crippen LogP contribution >= 0.6 is 11.8 Å². The summed E-state index contributed by atoms with van der Waals surface area (Å²) >= 11 is 2.10. The van der Waals surface area contributed by atoms with Gasteiger partial charge in [0.15, 0.2) is 17.3 Å². The number of ether oxygens (including phenoxy) is 1. The molecule has 8 nitrogen and oxygen atoms in total. The topological polar surface area (TPSA) is 97.9 Å². The minimum atomic E-state index is 0.286. The second-order valence-corrected chi connectivity index (χ2v) is 10.4. The van der Waals surface area contributed by atoms with Crippen molar-refractivity contribution in [2.75, 3.05) is 41.9 Å². The second-order valence-electron chi connectivity index (χ2n) is 9.39. The Labute approximate surface area is 185 Å². The number of nitrogens with two attached hydrogens (primary N) is 1. The Bertz CT molecular complexity index is 1080. The monoisotopic (exact) mass is 439 g/mol. The largest absolute Gasteiger partial charge is 0.382 e. The molecule has 0 bridgehead atoms. The van der Waals surface area contributed by atoms with Gasteiger partial charge >= 0.3 is 0 Å². The molecule has 0 amide bonds. The zero-order chi connectivity index (χ0) is 21.0. The average Bonchev–Trinajstić information content (AvgIpc) is 3.41. The lowest BCUT2D eigenvalue weighted by Gasteiger charge is -2.46. The van der Waals surface area contributed by atoms with E-state index in [1.807, 2.05) is 10.7 Å². The second kappa shape index (κ2) is 7.41. The number of fused-ring (bicyclic) bond motifs is 1. The summed E-state index contributed by atoms with van der Waals surface area (Å²) < 4.78 is 7.48. The highest BCUT2D eigenvalue weighted by atomic mass is 32.2. The van der Waals surface area contributed by atoms with Crippen LogP contribution in [0.5, 0.6) is 0 Å². The van der Waals surface area contributed by atoms with E-state index >= 15 is 0 Å². The number of thioether (sulfide) groups is 1. The summed E-state index contributed by atoms with van der Waals surface area (Å²) in [7, 11) is 0. The molecule has 0 radical (unpaired) electrons. The fourth-order valence-corrected chi connectivity index (χ4v) is 6.81. The van der Waals surface area contributed by atoms with Gasteiger partial charge in [-0.15, -0.1) is 5.10 Å². The van der Waals surface area contributed by atoms with E-state index in [4.69, 9.17) is 15.5 Å². The number of nitrogen functional groups attached to an aromatic ring is 1. The quantitative estimate of drug-likeness (QED) is 0.646. The van der Waals surface area contributed by atoms with E-state index in [0.29, 0.717) is 17.2 Å². The number of nitrogens with zero attached hydrogens (tertiary/aromatic N) is 5. The smallest absolute Gasteiger partial charge is 0.169 e. The maximum absolute atomic E-state index is 6.49. The van der Waals surface area contributed by atoms with Crippen LogP contribution in [0.3, 0.4) is 0 Å². The van der Waals surface area contributed by atoms with Crippen LogP contribution < -0.4 is 10.6 Å². The molecule has 3 aromatic rings. The molecule has 2 aliphatic heterocycles. The third-order valence-electron chi connectivity index (χ3n) is 7.36. The maximum Gasteiger partial charge on any atom is 0.169 e. The number of morpholine rings is 1. The van der Waals surface area contributed by atoms with E-state index in [2.05, 4.69) is 44.9 Å². The maximum atomic E-state index is 6.49. The predicted octanol–water partition coefficient (Wildman–Crippen LogP) is 3.34. The Morgan fingerprint density at radius 1 is 1.29 bits per heavy atom. The van der Waals surface area contributed by atoms with Crippen LogP contribution in [0.2, 0.25) is 0 Å². The third-order valence-corrected chi connectivity index (χ3v) is 8.99. The van der Waals surface area contributed by atoms with Gasteiger partial charge in [0.25, 0.3) is 0 Å². The normalized spacial score (nSPS) is 24.0. The number of rotatable bonds is 3. The van der Waals surface area contributed by atoms with Crippen molar-refractivity contribution in [1.82, 2.24) is 25.0 Å². The van der Waals surface area contributed by atoms with Crippen molar-refractivity contribution in [2.24, 2.45) is 5.41 Å². The van der Waals surface area contributed by atoms with Crippen molar-refractivity contribution < 1.29 is 4.74 Å². The summed E-state index contributed by atoms with van der Waals surface area (Å²) in [6.07, 6.45) is 6.78. The van der Waals surface area contributed by atoms with Crippen molar-refractivity contribution >= 4 is 34.4 Å². The minimum Gasteiger partial charge on any atom is -0.382 e. The zero-order valence-electron chi connectivity index (χ0n) is 17.9. The van der Waals surface area contributed by atoms with Crippen molar-refractivity contribution in [3.05, 3.63) is 23.9 Å². The van der Waals surface area contributed by atoms with Gasteiger partial charge in [-0.05, 0) is 67.1 Å². The predicted molar refractivity (Wildman–Crippen MR) is 124 cm³/mol. The molecule has 1 atom stereocenters. The molecule has 164 valence electrons. The molecule has 6 rings (SSSR count). The number of hydrogen-bond acceptors (Lipinski definition) is 7. The van der Waals surface area contributed by atoms with Gasteiger partial charge in [-0.3, -0.25) is 5.10 Å². The molecule has 9 heteroatoms. The summed E-state index contributed by atoms with van der Waals surface area (Å²) in [5, 5.41) is 12.8. The Morgan fingerprint density at radius 3 is 2.81 bits per heavy atom. The molecular formula is C22H29N7OS. The molecule has 1 unspecified atom stereocenters. The van der Waals surface area contributed by atoms with Gasteiger partial charge in [-0.2, -0.15) is 21.5 Å². The van der Waals surface area contributed by atoms with Crippen LogP contribution in [0.4, 0.5) is 11.6 Å². The van der Waals surface area contributed by atoms with Gasteiger partial charge in [0, 0.05) is 12.6 Å². The lowest BCUT2D eigenvalue weighted by molar-refractivity contribution is 0.0985. The van der Waals surface area contributed by atoms with E-state index in [1.165, 1.54) is 42.8 Å². The molecule has 5 heterocycles. The fraction of sp³-hybridized carbons (Fsp3) is 0.591. The Kier molecular flexibility index (Phi) is 4.64. The zero-order valence-corrected chi connectivity index (χ0v) is 18.7. The van der Waals surface area contributed by atoms with Gasteiger partial charge in [-0.1, -0.05) is 0 Å². The number of anilines is 2. The Balaban J connectivity index is 1.47. The fourth-order valence-electron chi connectivity index (χ4n) is 5.45. The van der Waals surface area contributed by atoms with Crippen LogP contribution in [0.1, 0.15) is 44.1 Å². The number of H-pyrrole nitrogens is 1. The highest BCUT2D eigenvalue weighted by Crippen LogP contribution is 2.53. The highest BCUT2D eigenvalue weighted by Gasteiger charge is 2.41. The molecule has 31 heavy (non-hydrogen) atoms. The Morgan fingerprint density at radius 2 is 2.13 bits per heavy atom. The molecule has 1 spiro atoms. The number of pyridine rings is 1. The van der Waals surface area contributed by atoms with Crippen LogP contribution in [0.25, 0.3) is 16.9 Å². The van der Waals surface area contributed by atoms with Crippen molar-refractivity contribution in [2.45, 2.75) is 44.6 Å². The molecule has 1 aliphatic carbocycles. The van der Waals surface area contributed by atoms with Crippen LogP contribution in [0, 0.1) is 5.41 Å². The molecule has 3 N–H and O–H groups in total. The minimum absolute atomic E-state index is 0.286. The lowest BCUT2D eigenvalue weighted by atomic mass is 9.70. The average molecular weight is 440 g/mol.